The maximum absolute atomic E-state index is 12.3. The van der Waals surface area contributed by atoms with Crippen LogP contribution in [0.25, 0.3) is 0 Å². The molecule has 0 spiro atoms. The highest BCUT2D eigenvalue weighted by Crippen LogP contribution is 2.26. The SMILES string of the molecule is C=CC(=O)N1CCc2c(cccc2NC(=O)[C@@H]2COCCO2)C1. The number of anilines is 1. The number of rotatable bonds is 3. The van der Waals surface area contributed by atoms with Gasteiger partial charge in [-0.2, -0.15) is 0 Å². The molecule has 3 rings (SSSR count). The molecule has 1 N–H and O–H groups in total. The van der Waals surface area contributed by atoms with Crippen LogP contribution in [0.4, 0.5) is 5.69 Å². The Labute approximate surface area is 135 Å². The number of hydrogen-bond donors (Lipinski definition) is 1. The summed E-state index contributed by atoms with van der Waals surface area (Å²) in [6.07, 6.45) is 1.46. The molecule has 23 heavy (non-hydrogen) atoms. The van der Waals surface area contributed by atoms with Gasteiger partial charge >= 0.3 is 0 Å². The number of hydrogen-bond acceptors (Lipinski definition) is 4. The van der Waals surface area contributed by atoms with Crippen LogP contribution in [-0.2, 0) is 32.0 Å². The molecule has 6 nitrogen and oxygen atoms in total. The molecular weight excluding hydrogens is 296 g/mol. The van der Waals surface area contributed by atoms with Gasteiger partial charge in [0, 0.05) is 18.8 Å². The second kappa shape index (κ2) is 6.93. The zero-order chi connectivity index (χ0) is 16.2. The monoisotopic (exact) mass is 316 g/mol. The minimum Gasteiger partial charge on any atom is -0.376 e. The number of carbonyl (C=O) groups is 2. The lowest BCUT2D eigenvalue weighted by atomic mass is 9.97. The van der Waals surface area contributed by atoms with Crippen molar-refractivity contribution in [3.05, 3.63) is 42.0 Å². The van der Waals surface area contributed by atoms with E-state index >= 15 is 0 Å². The third-order valence-electron chi connectivity index (χ3n) is 4.12. The molecule has 1 saturated heterocycles. The van der Waals surface area contributed by atoms with Gasteiger partial charge in [0.1, 0.15) is 0 Å². The summed E-state index contributed by atoms with van der Waals surface area (Å²) in [6, 6.07) is 5.74. The van der Waals surface area contributed by atoms with Gasteiger partial charge in [0.15, 0.2) is 6.10 Å². The van der Waals surface area contributed by atoms with Crippen molar-refractivity contribution in [2.24, 2.45) is 0 Å². The van der Waals surface area contributed by atoms with Crippen molar-refractivity contribution in [1.82, 2.24) is 4.90 Å². The number of benzene rings is 1. The van der Waals surface area contributed by atoms with Gasteiger partial charge in [-0.1, -0.05) is 18.7 Å². The molecule has 1 aromatic carbocycles. The zero-order valence-corrected chi connectivity index (χ0v) is 12.9. The summed E-state index contributed by atoms with van der Waals surface area (Å²) in [5.74, 6) is -0.263. The molecule has 0 saturated carbocycles. The minimum atomic E-state index is -0.568. The normalized spacial score (nSPS) is 20.5. The Hall–Kier alpha value is -2.18. The second-order valence-corrected chi connectivity index (χ2v) is 5.58. The Balaban J connectivity index is 1.73. The Bertz CT molecular complexity index is 623. The van der Waals surface area contributed by atoms with Gasteiger partial charge < -0.3 is 19.7 Å². The molecule has 0 radical (unpaired) electrons. The van der Waals surface area contributed by atoms with Gasteiger partial charge in [-0.25, -0.2) is 0 Å². The van der Waals surface area contributed by atoms with E-state index in [1.54, 1.807) is 4.90 Å². The van der Waals surface area contributed by atoms with Crippen LogP contribution in [-0.4, -0.2) is 49.2 Å². The van der Waals surface area contributed by atoms with Crippen molar-refractivity contribution in [3.63, 3.8) is 0 Å². The van der Waals surface area contributed by atoms with Gasteiger partial charge in [0.2, 0.25) is 5.91 Å². The van der Waals surface area contributed by atoms with E-state index in [2.05, 4.69) is 11.9 Å². The van der Waals surface area contributed by atoms with Gasteiger partial charge in [0.05, 0.1) is 19.8 Å². The van der Waals surface area contributed by atoms with Crippen molar-refractivity contribution in [2.45, 2.75) is 19.1 Å². The van der Waals surface area contributed by atoms with E-state index in [-0.39, 0.29) is 18.4 Å². The topological polar surface area (TPSA) is 67.9 Å². The number of nitrogens with one attached hydrogen (secondary N) is 1. The lowest BCUT2D eigenvalue weighted by molar-refractivity contribution is -0.142. The number of ether oxygens (including phenoxy) is 2. The van der Waals surface area contributed by atoms with Crippen LogP contribution in [0.3, 0.4) is 0 Å². The summed E-state index contributed by atoms with van der Waals surface area (Å²) < 4.78 is 10.7. The van der Waals surface area contributed by atoms with Gasteiger partial charge in [0.25, 0.3) is 5.91 Å². The molecule has 0 bridgehead atoms. The van der Waals surface area contributed by atoms with Crippen LogP contribution in [0.15, 0.2) is 30.9 Å². The number of nitrogens with zero attached hydrogens (tertiary/aromatic N) is 1. The first-order valence-electron chi connectivity index (χ1n) is 7.71. The minimum absolute atomic E-state index is 0.0714. The first-order chi connectivity index (χ1) is 11.2. The smallest absolute Gasteiger partial charge is 0.255 e. The molecule has 1 aromatic rings. The predicted molar refractivity (Wildman–Crippen MR) is 84.9 cm³/mol. The highest BCUT2D eigenvalue weighted by molar-refractivity contribution is 5.95. The largest absolute Gasteiger partial charge is 0.376 e. The van der Waals surface area contributed by atoms with Gasteiger partial charge in [-0.15, -0.1) is 0 Å². The maximum atomic E-state index is 12.3. The summed E-state index contributed by atoms with van der Waals surface area (Å²) >= 11 is 0. The molecule has 6 heteroatoms. The fraction of sp³-hybridized carbons (Fsp3) is 0.412. The first kappa shape index (κ1) is 15.7. The molecule has 2 amide bonds. The van der Waals surface area contributed by atoms with Crippen LogP contribution in [0, 0.1) is 0 Å². The third-order valence-corrected chi connectivity index (χ3v) is 4.12. The molecule has 0 aromatic heterocycles. The van der Waals surface area contributed by atoms with E-state index in [4.69, 9.17) is 9.47 Å². The lowest BCUT2D eigenvalue weighted by Gasteiger charge is -2.30. The second-order valence-electron chi connectivity index (χ2n) is 5.58. The van der Waals surface area contributed by atoms with E-state index in [0.717, 1.165) is 16.8 Å². The fourth-order valence-electron chi connectivity index (χ4n) is 2.90. The van der Waals surface area contributed by atoms with Crippen LogP contribution in [0.2, 0.25) is 0 Å². The van der Waals surface area contributed by atoms with Crippen molar-refractivity contribution < 1.29 is 19.1 Å². The highest BCUT2D eigenvalue weighted by atomic mass is 16.6. The molecule has 2 aliphatic rings. The van der Waals surface area contributed by atoms with Gasteiger partial charge in [-0.05, 0) is 29.7 Å². The van der Waals surface area contributed by atoms with E-state index in [1.165, 1.54) is 6.08 Å². The standard InChI is InChI=1S/C17H20N2O4/c1-2-16(20)19-7-6-13-12(10-19)4-3-5-14(13)18-17(21)15-11-22-8-9-23-15/h2-5,15H,1,6-11H2,(H,18,21)/t15-/m0/s1. The summed E-state index contributed by atoms with van der Waals surface area (Å²) in [7, 11) is 0. The molecule has 0 aliphatic carbocycles. The van der Waals surface area contributed by atoms with E-state index in [0.29, 0.717) is 32.7 Å². The Morgan fingerprint density at radius 2 is 2.22 bits per heavy atom. The molecule has 0 unspecified atom stereocenters. The van der Waals surface area contributed by atoms with E-state index in [9.17, 15) is 9.59 Å². The Morgan fingerprint density at radius 3 is 2.96 bits per heavy atom. The van der Waals surface area contributed by atoms with Crippen molar-refractivity contribution in [3.8, 4) is 0 Å². The lowest BCUT2D eigenvalue weighted by Crippen LogP contribution is -2.39. The predicted octanol–water partition coefficient (Wildman–Crippen LogP) is 1.11. The van der Waals surface area contributed by atoms with Crippen molar-refractivity contribution in [2.75, 3.05) is 31.7 Å². The Kier molecular flexibility index (Phi) is 4.73. The molecule has 2 aliphatic heterocycles. The summed E-state index contributed by atoms with van der Waals surface area (Å²) in [5.41, 5.74) is 2.91. The average molecular weight is 316 g/mol. The zero-order valence-electron chi connectivity index (χ0n) is 12.9. The first-order valence-corrected chi connectivity index (χ1v) is 7.71. The van der Waals surface area contributed by atoms with E-state index < -0.39 is 6.10 Å². The van der Waals surface area contributed by atoms with Crippen LogP contribution in [0.5, 0.6) is 0 Å². The molecule has 1 atom stereocenters. The average Bonchev–Trinajstić information content (AvgIpc) is 2.61. The number of carbonyl (C=O) groups excluding carboxylic acids is 2. The van der Waals surface area contributed by atoms with E-state index in [1.807, 2.05) is 18.2 Å². The summed E-state index contributed by atoms with van der Waals surface area (Å²) in [4.78, 5) is 25.8. The van der Waals surface area contributed by atoms with Crippen LogP contribution >= 0.6 is 0 Å². The molecule has 2 heterocycles. The highest BCUT2D eigenvalue weighted by Gasteiger charge is 2.25. The van der Waals surface area contributed by atoms with Crippen LogP contribution in [0.1, 0.15) is 11.1 Å². The Morgan fingerprint density at radius 1 is 1.35 bits per heavy atom. The van der Waals surface area contributed by atoms with Crippen LogP contribution < -0.4 is 5.32 Å². The molecule has 122 valence electrons. The number of amides is 2. The summed E-state index contributed by atoms with van der Waals surface area (Å²) in [6.45, 7) is 5.92. The quantitative estimate of drug-likeness (QED) is 0.848. The van der Waals surface area contributed by atoms with Crippen molar-refractivity contribution in [1.29, 1.82) is 0 Å². The maximum Gasteiger partial charge on any atom is 0.255 e. The third kappa shape index (κ3) is 3.43. The molecular formula is C17H20N2O4. The number of fused-ring (bicyclic) bond motifs is 1. The van der Waals surface area contributed by atoms with Crippen molar-refractivity contribution >= 4 is 17.5 Å². The fourth-order valence-corrected chi connectivity index (χ4v) is 2.90. The van der Waals surface area contributed by atoms with Gasteiger partial charge in [-0.3, -0.25) is 9.59 Å². The molecule has 1 fully saturated rings. The summed E-state index contributed by atoms with van der Waals surface area (Å²) in [5, 5.41) is 2.93.